The summed E-state index contributed by atoms with van der Waals surface area (Å²) in [5.74, 6) is 0.0648. The lowest BCUT2D eigenvalue weighted by Crippen LogP contribution is -2.40. The summed E-state index contributed by atoms with van der Waals surface area (Å²) in [6, 6.07) is 18.5. The maximum atomic E-state index is 13.0. The van der Waals surface area contributed by atoms with Gasteiger partial charge in [0.15, 0.2) is 0 Å². The number of nitrogens with zero attached hydrogens (tertiary/aromatic N) is 2. The predicted octanol–water partition coefficient (Wildman–Crippen LogP) is 4.38. The van der Waals surface area contributed by atoms with E-state index in [-0.39, 0.29) is 11.9 Å². The van der Waals surface area contributed by atoms with Crippen LogP contribution in [-0.2, 0) is 11.3 Å². The lowest BCUT2D eigenvalue weighted by molar-refractivity contribution is -0.126. The first-order valence-corrected chi connectivity index (χ1v) is 10.6. The molecule has 1 heterocycles. The summed E-state index contributed by atoms with van der Waals surface area (Å²) < 4.78 is 0. The van der Waals surface area contributed by atoms with Gasteiger partial charge in [-0.15, -0.1) is 0 Å². The van der Waals surface area contributed by atoms with Crippen LogP contribution in [0.25, 0.3) is 0 Å². The number of nitrogens with one attached hydrogen (secondary N) is 1. The Hall–Kier alpha value is -2.33. The van der Waals surface area contributed by atoms with E-state index in [2.05, 4.69) is 53.2 Å². The standard InChI is InChI=1S/C24H33N3O/c1-3-26(4-2)23(21-11-7-5-8-12-21)24(28)25-19-20-13-15-22(16-14-20)27-17-9-6-10-18-27/h5,7-8,11-16,23H,3-4,6,9-10,17-19H2,1-2H3,(H,25,28). The van der Waals surface area contributed by atoms with E-state index >= 15 is 0 Å². The van der Waals surface area contributed by atoms with Gasteiger partial charge in [0.25, 0.3) is 0 Å². The number of amides is 1. The highest BCUT2D eigenvalue weighted by Gasteiger charge is 2.25. The number of hydrogen-bond donors (Lipinski definition) is 1. The van der Waals surface area contributed by atoms with Crippen LogP contribution in [-0.4, -0.2) is 37.0 Å². The van der Waals surface area contributed by atoms with Gasteiger partial charge in [0.05, 0.1) is 0 Å². The molecular weight excluding hydrogens is 346 g/mol. The average Bonchev–Trinajstić information content (AvgIpc) is 2.77. The molecular formula is C24H33N3O. The fraction of sp³-hybridized carbons (Fsp3) is 0.458. The Morgan fingerprint density at radius 3 is 2.21 bits per heavy atom. The van der Waals surface area contributed by atoms with Gasteiger partial charge in [-0.1, -0.05) is 56.3 Å². The summed E-state index contributed by atoms with van der Waals surface area (Å²) in [7, 11) is 0. The second-order valence-electron chi connectivity index (χ2n) is 7.47. The van der Waals surface area contributed by atoms with Gasteiger partial charge in [-0.25, -0.2) is 0 Å². The van der Waals surface area contributed by atoms with Gasteiger partial charge >= 0.3 is 0 Å². The third-order valence-electron chi connectivity index (χ3n) is 5.67. The third kappa shape index (κ3) is 5.14. The highest BCUT2D eigenvalue weighted by atomic mass is 16.2. The van der Waals surface area contributed by atoms with E-state index in [1.807, 2.05) is 30.3 Å². The van der Waals surface area contributed by atoms with Gasteiger partial charge in [-0.3, -0.25) is 9.69 Å². The molecule has 0 radical (unpaired) electrons. The zero-order valence-electron chi connectivity index (χ0n) is 17.2. The summed E-state index contributed by atoms with van der Waals surface area (Å²) >= 11 is 0. The highest BCUT2D eigenvalue weighted by Crippen LogP contribution is 2.22. The molecule has 1 aliphatic rings. The molecule has 1 atom stereocenters. The lowest BCUT2D eigenvalue weighted by atomic mass is 10.0. The molecule has 1 fully saturated rings. The van der Waals surface area contributed by atoms with Crippen LogP contribution >= 0.6 is 0 Å². The molecule has 4 nitrogen and oxygen atoms in total. The molecule has 1 aliphatic heterocycles. The molecule has 0 saturated carbocycles. The lowest BCUT2D eigenvalue weighted by Gasteiger charge is -2.29. The van der Waals surface area contributed by atoms with Crippen molar-refractivity contribution >= 4 is 11.6 Å². The van der Waals surface area contributed by atoms with Gasteiger partial charge in [0.1, 0.15) is 6.04 Å². The van der Waals surface area contributed by atoms with Gasteiger partial charge in [-0.05, 0) is 55.6 Å². The Kier molecular flexibility index (Phi) is 7.49. The molecule has 28 heavy (non-hydrogen) atoms. The number of hydrogen-bond acceptors (Lipinski definition) is 3. The minimum Gasteiger partial charge on any atom is -0.372 e. The largest absolute Gasteiger partial charge is 0.372 e. The minimum absolute atomic E-state index is 0.0648. The first kappa shape index (κ1) is 20.4. The number of rotatable bonds is 8. The molecule has 0 spiro atoms. The predicted molar refractivity (Wildman–Crippen MR) is 116 cm³/mol. The van der Waals surface area contributed by atoms with Crippen molar-refractivity contribution in [1.29, 1.82) is 0 Å². The number of anilines is 1. The molecule has 1 N–H and O–H groups in total. The van der Waals surface area contributed by atoms with Crippen molar-refractivity contribution in [3.63, 3.8) is 0 Å². The van der Waals surface area contributed by atoms with Crippen LogP contribution in [0.3, 0.4) is 0 Å². The molecule has 1 amide bonds. The smallest absolute Gasteiger partial charge is 0.242 e. The maximum Gasteiger partial charge on any atom is 0.242 e. The Labute approximate surface area is 169 Å². The molecule has 150 valence electrons. The van der Waals surface area contributed by atoms with Crippen LogP contribution in [0.15, 0.2) is 54.6 Å². The van der Waals surface area contributed by atoms with E-state index in [4.69, 9.17) is 0 Å². The van der Waals surface area contributed by atoms with Crippen LogP contribution in [0.4, 0.5) is 5.69 Å². The zero-order chi connectivity index (χ0) is 19.8. The fourth-order valence-corrected chi connectivity index (χ4v) is 4.01. The first-order valence-electron chi connectivity index (χ1n) is 10.6. The monoisotopic (exact) mass is 379 g/mol. The zero-order valence-corrected chi connectivity index (χ0v) is 17.2. The van der Waals surface area contributed by atoms with Crippen LogP contribution in [0.2, 0.25) is 0 Å². The van der Waals surface area contributed by atoms with Crippen molar-refractivity contribution in [2.24, 2.45) is 0 Å². The van der Waals surface area contributed by atoms with E-state index in [9.17, 15) is 4.79 Å². The number of likely N-dealkylation sites (N-methyl/N-ethyl adjacent to an activating group) is 1. The highest BCUT2D eigenvalue weighted by molar-refractivity contribution is 5.83. The van der Waals surface area contributed by atoms with Gasteiger partial charge in [-0.2, -0.15) is 0 Å². The number of benzene rings is 2. The van der Waals surface area contributed by atoms with E-state index in [1.54, 1.807) is 0 Å². The molecule has 0 aromatic heterocycles. The van der Waals surface area contributed by atoms with Crippen LogP contribution in [0.1, 0.15) is 50.3 Å². The Bertz CT molecular complexity index is 719. The number of carbonyl (C=O) groups excluding carboxylic acids is 1. The molecule has 4 heteroatoms. The second kappa shape index (κ2) is 10.3. The Balaban J connectivity index is 1.63. The van der Waals surface area contributed by atoms with E-state index in [0.717, 1.165) is 37.3 Å². The summed E-state index contributed by atoms with van der Waals surface area (Å²) in [5.41, 5.74) is 3.48. The summed E-state index contributed by atoms with van der Waals surface area (Å²) in [4.78, 5) is 17.7. The Morgan fingerprint density at radius 1 is 0.964 bits per heavy atom. The van der Waals surface area contributed by atoms with Crippen molar-refractivity contribution in [2.75, 3.05) is 31.1 Å². The molecule has 0 aliphatic carbocycles. The first-order chi connectivity index (χ1) is 13.7. The average molecular weight is 380 g/mol. The summed E-state index contributed by atoms with van der Waals surface area (Å²) in [6.07, 6.45) is 3.91. The SMILES string of the molecule is CCN(CC)C(C(=O)NCc1ccc(N2CCCCC2)cc1)c1ccccc1. The Morgan fingerprint density at radius 2 is 1.61 bits per heavy atom. The van der Waals surface area contributed by atoms with E-state index < -0.39 is 0 Å². The van der Waals surface area contributed by atoms with E-state index in [0.29, 0.717) is 6.54 Å². The van der Waals surface area contributed by atoms with Crippen molar-refractivity contribution in [1.82, 2.24) is 10.2 Å². The molecule has 3 rings (SSSR count). The molecule has 2 aromatic rings. The number of piperidine rings is 1. The van der Waals surface area contributed by atoms with Crippen LogP contribution < -0.4 is 10.2 Å². The van der Waals surface area contributed by atoms with Crippen molar-refractivity contribution in [3.05, 3.63) is 65.7 Å². The maximum absolute atomic E-state index is 13.0. The van der Waals surface area contributed by atoms with Gasteiger partial charge in [0, 0.05) is 25.3 Å². The quantitative estimate of drug-likeness (QED) is 0.739. The molecule has 1 unspecified atom stereocenters. The molecule has 1 saturated heterocycles. The van der Waals surface area contributed by atoms with Crippen molar-refractivity contribution < 1.29 is 4.79 Å². The van der Waals surface area contributed by atoms with Crippen molar-refractivity contribution in [2.45, 2.75) is 45.7 Å². The number of carbonyl (C=O) groups is 1. The second-order valence-corrected chi connectivity index (χ2v) is 7.47. The van der Waals surface area contributed by atoms with E-state index in [1.165, 1.54) is 24.9 Å². The third-order valence-corrected chi connectivity index (χ3v) is 5.67. The van der Waals surface area contributed by atoms with Gasteiger partial charge < -0.3 is 10.2 Å². The molecule has 0 bridgehead atoms. The fourth-order valence-electron chi connectivity index (χ4n) is 4.01. The summed E-state index contributed by atoms with van der Waals surface area (Å²) in [5, 5.41) is 3.15. The van der Waals surface area contributed by atoms with Crippen molar-refractivity contribution in [3.8, 4) is 0 Å². The molecule has 2 aromatic carbocycles. The normalized spacial score (nSPS) is 15.5. The summed E-state index contributed by atoms with van der Waals surface area (Å²) in [6.45, 7) is 8.75. The minimum atomic E-state index is -0.246. The van der Waals surface area contributed by atoms with Gasteiger partial charge in [0.2, 0.25) is 5.91 Å². The topological polar surface area (TPSA) is 35.6 Å². The van der Waals surface area contributed by atoms with Crippen LogP contribution in [0.5, 0.6) is 0 Å². The van der Waals surface area contributed by atoms with Crippen LogP contribution in [0, 0.1) is 0 Å².